The summed E-state index contributed by atoms with van der Waals surface area (Å²) in [5, 5.41) is 9.15. The van der Waals surface area contributed by atoms with E-state index in [1.54, 1.807) is 6.07 Å². The number of para-hydroxylation sites is 1. The van der Waals surface area contributed by atoms with E-state index in [0.29, 0.717) is 30.5 Å². The number of carbonyl (C=O) groups excluding carboxylic acids is 1. The van der Waals surface area contributed by atoms with E-state index in [2.05, 4.69) is 24.0 Å². The van der Waals surface area contributed by atoms with E-state index >= 15 is 0 Å². The molecule has 0 aliphatic carbocycles. The van der Waals surface area contributed by atoms with Gasteiger partial charge in [-0.1, -0.05) is 18.2 Å². The van der Waals surface area contributed by atoms with Crippen molar-refractivity contribution < 1.29 is 23.8 Å². The quantitative estimate of drug-likeness (QED) is 0.888. The standard InChI is InChI=1S/C20H22N2O5/c1-13-10-14-4-2-3-5-16(14)22(13)12-17-15(6-8-26-17)19(23)21-7-9-27-18(11-21)20(24)25/h2-6,8,13,18H,7,9-12H2,1H3,(H,24,25)/t13-,18+/m0/s1. The summed E-state index contributed by atoms with van der Waals surface area (Å²) in [6, 6.07) is 10.2. The van der Waals surface area contributed by atoms with Crippen molar-refractivity contribution in [3.8, 4) is 0 Å². The SMILES string of the molecule is C[C@H]1Cc2ccccc2N1Cc1occc1C(=O)N1CCO[C@@H](C(=O)O)C1. The van der Waals surface area contributed by atoms with Crippen LogP contribution in [0.3, 0.4) is 0 Å². The molecule has 1 amide bonds. The van der Waals surface area contributed by atoms with E-state index in [-0.39, 0.29) is 19.1 Å². The molecular weight excluding hydrogens is 348 g/mol. The number of furan rings is 1. The van der Waals surface area contributed by atoms with Gasteiger partial charge in [0.2, 0.25) is 0 Å². The van der Waals surface area contributed by atoms with Crippen LogP contribution in [0.2, 0.25) is 0 Å². The minimum atomic E-state index is -1.05. The van der Waals surface area contributed by atoms with Crippen LogP contribution in [0.15, 0.2) is 41.0 Å². The van der Waals surface area contributed by atoms with E-state index in [1.165, 1.54) is 16.7 Å². The largest absolute Gasteiger partial charge is 0.479 e. The Bertz CT molecular complexity index is 862. The third kappa shape index (κ3) is 3.30. The summed E-state index contributed by atoms with van der Waals surface area (Å²) in [4.78, 5) is 27.9. The molecule has 1 fully saturated rings. The molecule has 4 rings (SSSR count). The predicted octanol–water partition coefficient (Wildman–Crippen LogP) is 2.16. The summed E-state index contributed by atoms with van der Waals surface area (Å²) in [5.41, 5.74) is 2.94. The number of hydrogen-bond acceptors (Lipinski definition) is 5. The molecule has 0 radical (unpaired) electrons. The lowest BCUT2D eigenvalue weighted by atomic mass is 10.1. The molecule has 2 aliphatic rings. The van der Waals surface area contributed by atoms with Crippen LogP contribution in [0.25, 0.3) is 0 Å². The highest BCUT2D eigenvalue weighted by atomic mass is 16.5. The first kappa shape index (κ1) is 17.6. The van der Waals surface area contributed by atoms with Crippen LogP contribution in [0, 0.1) is 0 Å². The maximum atomic E-state index is 12.9. The Balaban J connectivity index is 1.53. The third-order valence-electron chi connectivity index (χ3n) is 5.27. The predicted molar refractivity (Wildman–Crippen MR) is 97.8 cm³/mol. The van der Waals surface area contributed by atoms with Crippen LogP contribution in [-0.4, -0.2) is 53.7 Å². The Labute approximate surface area is 157 Å². The summed E-state index contributed by atoms with van der Waals surface area (Å²) in [7, 11) is 0. The number of aliphatic carboxylic acids is 1. The Morgan fingerprint density at radius 2 is 2.07 bits per heavy atom. The molecule has 27 heavy (non-hydrogen) atoms. The molecular formula is C20H22N2O5. The van der Waals surface area contributed by atoms with Gasteiger partial charge in [-0.2, -0.15) is 0 Å². The topological polar surface area (TPSA) is 83.2 Å². The van der Waals surface area contributed by atoms with Gasteiger partial charge in [-0.3, -0.25) is 4.79 Å². The average molecular weight is 370 g/mol. The normalized spacial score (nSPS) is 22.0. The third-order valence-corrected chi connectivity index (χ3v) is 5.27. The summed E-state index contributed by atoms with van der Waals surface area (Å²) < 4.78 is 10.8. The van der Waals surface area contributed by atoms with E-state index in [4.69, 9.17) is 14.3 Å². The van der Waals surface area contributed by atoms with Gasteiger partial charge in [-0.15, -0.1) is 0 Å². The number of fused-ring (bicyclic) bond motifs is 1. The smallest absolute Gasteiger partial charge is 0.334 e. The number of benzene rings is 1. The lowest BCUT2D eigenvalue weighted by Crippen LogP contribution is -2.48. The monoisotopic (exact) mass is 370 g/mol. The van der Waals surface area contributed by atoms with Crippen LogP contribution < -0.4 is 4.90 Å². The van der Waals surface area contributed by atoms with Crippen molar-refractivity contribution in [3.05, 3.63) is 53.5 Å². The number of ether oxygens (including phenoxy) is 1. The second kappa shape index (κ2) is 7.08. The molecule has 7 nitrogen and oxygen atoms in total. The van der Waals surface area contributed by atoms with Crippen LogP contribution in [-0.2, 0) is 22.5 Å². The van der Waals surface area contributed by atoms with Gasteiger partial charge in [0, 0.05) is 18.3 Å². The van der Waals surface area contributed by atoms with Gasteiger partial charge < -0.3 is 24.1 Å². The van der Waals surface area contributed by atoms with Gasteiger partial charge in [0.05, 0.1) is 31.5 Å². The average Bonchev–Trinajstić information content (AvgIpc) is 3.26. The fourth-order valence-electron chi connectivity index (χ4n) is 3.83. The van der Waals surface area contributed by atoms with Crippen molar-refractivity contribution in [1.29, 1.82) is 0 Å². The Morgan fingerprint density at radius 1 is 1.26 bits per heavy atom. The molecule has 2 aliphatic heterocycles. The minimum Gasteiger partial charge on any atom is -0.479 e. The zero-order chi connectivity index (χ0) is 19.0. The summed E-state index contributed by atoms with van der Waals surface area (Å²) >= 11 is 0. The number of anilines is 1. The van der Waals surface area contributed by atoms with Crippen molar-refractivity contribution in [2.45, 2.75) is 32.0 Å². The van der Waals surface area contributed by atoms with Gasteiger partial charge in [-0.25, -0.2) is 4.79 Å². The van der Waals surface area contributed by atoms with Crippen LogP contribution >= 0.6 is 0 Å². The summed E-state index contributed by atoms with van der Waals surface area (Å²) in [5.74, 6) is -0.669. The first-order chi connectivity index (χ1) is 13.0. The van der Waals surface area contributed by atoms with Crippen molar-refractivity contribution in [2.75, 3.05) is 24.6 Å². The molecule has 1 aromatic carbocycles. The van der Waals surface area contributed by atoms with Gasteiger partial charge in [0.25, 0.3) is 5.91 Å². The second-order valence-electron chi connectivity index (χ2n) is 7.02. The molecule has 142 valence electrons. The number of amides is 1. The van der Waals surface area contributed by atoms with E-state index in [0.717, 1.165) is 12.1 Å². The lowest BCUT2D eigenvalue weighted by molar-refractivity contribution is -0.154. The number of nitrogens with zero attached hydrogens (tertiary/aromatic N) is 2. The first-order valence-corrected chi connectivity index (χ1v) is 9.09. The van der Waals surface area contributed by atoms with Crippen LogP contribution in [0.5, 0.6) is 0 Å². The number of rotatable bonds is 4. The van der Waals surface area contributed by atoms with E-state index < -0.39 is 12.1 Å². The molecule has 0 bridgehead atoms. The molecule has 3 heterocycles. The molecule has 1 saturated heterocycles. The fourth-order valence-corrected chi connectivity index (χ4v) is 3.83. The zero-order valence-electron chi connectivity index (χ0n) is 15.1. The van der Waals surface area contributed by atoms with Crippen molar-refractivity contribution in [2.24, 2.45) is 0 Å². The number of carboxylic acid groups (broad SMARTS) is 1. The molecule has 1 aromatic heterocycles. The zero-order valence-corrected chi connectivity index (χ0v) is 15.1. The Morgan fingerprint density at radius 3 is 2.89 bits per heavy atom. The minimum absolute atomic E-state index is 0.0434. The Hall–Kier alpha value is -2.80. The Kier molecular flexibility index (Phi) is 4.61. The van der Waals surface area contributed by atoms with Crippen molar-refractivity contribution in [1.82, 2.24) is 4.90 Å². The van der Waals surface area contributed by atoms with Gasteiger partial charge >= 0.3 is 5.97 Å². The molecule has 0 saturated carbocycles. The van der Waals surface area contributed by atoms with E-state index in [9.17, 15) is 9.59 Å². The van der Waals surface area contributed by atoms with Crippen molar-refractivity contribution in [3.63, 3.8) is 0 Å². The summed E-state index contributed by atoms with van der Waals surface area (Å²) in [6.07, 6.45) is 1.50. The fraction of sp³-hybridized carbons (Fsp3) is 0.400. The van der Waals surface area contributed by atoms with Crippen molar-refractivity contribution >= 4 is 17.6 Å². The molecule has 2 aromatic rings. The molecule has 0 spiro atoms. The first-order valence-electron chi connectivity index (χ1n) is 9.09. The second-order valence-corrected chi connectivity index (χ2v) is 7.02. The lowest BCUT2D eigenvalue weighted by Gasteiger charge is -2.31. The maximum absolute atomic E-state index is 12.9. The number of carbonyl (C=O) groups is 2. The molecule has 7 heteroatoms. The number of hydrogen-bond donors (Lipinski definition) is 1. The van der Waals surface area contributed by atoms with Gasteiger partial charge in [0.1, 0.15) is 5.76 Å². The summed E-state index contributed by atoms with van der Waals surface area (Å²) in [6.45, 7) is 3.28. The van der Waals surface area contributed by atoms with Gasteiger partial charge in [-0.05, 0) is 31.0 Å². The molecule has 0 unspecified atom stereocenters. The van der Waals surface area contributed by atoms with Crippen LogP contribution in [0.4, 0.5) is 5.69 Å². The molecule has 1 N–H and O–H groups in total. The maximum Gasteiger partial charge on any atom is 0.334 e. The van der Waals surface area contributed by atoms with E-state index in [1.807, 2.05) is 12.1 Å². The highest BCUT2D eigenvalue weighted by Gasteiger charge is 2.32. The highest BCUT2D eigenvalue weighted by molar-refractivity contribution is 5.95. The van der Waals surface area contributed by atoms with Gasteiger partial charge in [0.15, 0.2) is 6.10 Å². The number of carboxylic acids is 1. The van der Waals surface area contributed by atoms with Crippen LogP contribution in [0.1, 0.15) is 28.6 Å². The highest BCUT2D eigenvalue weighted by Crippen LogP contribution is 2.33. The number of morpholine rings is 1. The molecule has 2 atom stereocenters.